The summed E-state index contributed by atoms with van der Waals surface area (Å²) in [4.78, 5) is 26.5. The van der Waals surface area contributed by atoms with Crippen molar-refractivity contribution in [3.05, 3.63) is 35.9 Å². The van der Waals surface area contributed by atoms with Crippen molar-refractivity contribution in [2.24, 2.45) is 0 Å². The molecule has 0 saturated carbocycles. The number of amides is 2. The van der Waals surface area contributed by atoms with Gasteiger partial charge in [-0.3, -0.25) is 9.59 Å². The Labute approximate surface area is 142 Å². The Balaban J connectivity index is 1.69. The maximum Gasteiger partial charge on any atom is 0.254 e. The minimum Gasteiger partial charge on any atom is -0.378 e. The van der Waals surface area contributed by atoms with Gasteiger partial charge < -0.3 is 19.7 Å². The number of benzene rings is 1. The lowest BCUT2D eigenvalue weighted by atomic mass is 9.97. The van der Waals surface area contributed by atoms with E-state index >= 15 is 0 Å². The third-order valence-corrected chi connectivity index (χ3v) is 4.57. The highest BCUT2D eigenvalue weighted by atomic mass is 16.5. The number of carbonyl (C=O) groups is 2. The number of morpholine rings is 1. The van der Waals surface area contributed by atoms with Gasteiger partial charge in [0, 0.05) is 19.7 Å². The van der Waals surface area contributed by atoms with Crippen LogP contribution >= 0.6 is 0 Å². The van der Waals surface area contributed by atoms with Gasteiger partial charge in [0.2, 0.25) is 5.91 Å². The van der Waals surface area contributed by atoms with E-state index in [-0.39, 0.29) is 24.5 Å². The molecule has 0 radical (unpaired) electrons. The molecule has 2 atom stereocenters. The standard InChI is InChI=1S/C18H24N2O4/c1-2-23-14-8-10-20(11-9-14)18(22)17-16(19-15(21)12-24-17)13-6-4-3-5-7-13/h3-7,14,16-17H,2,8-12H2,1H3,(H,19,21)/t16-,17+/m1/s1. The number of piperidine rings is 1. The van der Waals surface area contributed by atoms with Crippen molar-refractivity contribution in [3.63, 3.8) is 0 Å². The van der Waals surface area contributed by atoms with E-state index in [1.807, 2.05) is 42.2 Å². The highest BCUT2D eigenvalue weighted by molar-refractivity contribution is 5.86. The summed E-state index contributed by atoms with van der Waals surface area (Å²) in [5, 5.41) is 2.90. The van der Waals surface area contributed by atoms with Gasteiger partial charge in [-0.15, -0.1) is 0 Å². The smallest absolute Gasteiger partial charge is 0.254 e. The molecule has 6 heteroatoms. The monoisotopic (exact) mass is 332 g/mol. The van der Waals surface area contributed by atoms with Crippen LogP contribution in [0.2, 0.25) is 0 Å². The van der Waals surface area contributed by atoms with Crippen LogP contribution in [0, 0.1) is 0 Å². The summed E-state index contributed by atoms with van der Waals surface area (Å²) < 4.78 is 11.2. The van der Waals surface area contributed by atoms with Gasteiger partial charge in [-0.25, -0.2) is 0 Å². The number of hydrogen-bond donors (Lipinski definition) is 1. The normalized spacial score (nSPS) is 25.4. The molecule has 130 valence electrons. The molecule has 0 bridgehead atoms. The first kappa shape index (κ1) is 16.9. The molecule has 2 aliphatic rings. The van der Waals surface area contributed by atoms with Crippen LogP contribution < -0.4 is 5.32 Å². The zero-order valence-electron chi connectivity index (χ0n) is 13.9. The number of ether oxygens (including phenoxy) is 2. The second-order valence-corrected chi connectivity index (χ2v) is 6.17. The maximum absolute atomic E-state index is 12.9. The lowest BCUT2D eigenvalue weighted by molar-refractivity contribution is -0.157. The van der Waals surface area contributed by atoms with E-state index in [4.69, 9.17) is 9.47 Å². The van der Waals surface area contributed by atoms with Crippen molar-refractivity contribution < 1.29 is 19.1 Å². The van der Waals surface area contributed by atoms with Gasteiger partial charge in [-0.1, -0.05) is 30.3 Å². The van der Waals surface area contributed by atoms with Crippen molar-refractivity contribution in [2.45, 2.75) is 38.0 Å². The second-order valence-electron chi connectivity index (χ2n) is 6.17. The van der Waals surface area contributed by atoms with Crippen LogP contribution in [0.25, 0.3) is 0 Å². The Morgan fingerprint density at radius 1 is 1.29 bits per heavy atom. The first-order valence-electron chi connectivity index (χ1n) is 8.55. The predicted octanol–water partition coefficient (Wildman–Crippen LogP) is 1.27. The third-order valence-electron chi connectivity index (χ3n) is 4.57. The van der Waals surface area contributed by atoms with Crippen molar-refractivity contribution in [3.8, 4) is 0 Å². The summed E-state index contributed by atoms with van der Waals surface area (Å²) in [5.74, 6) is -0.248. The molecular formula is C18H24N2O4. The van der Waals surface area contributed by atoms with E-state index < -0.39 is 12.1 Å². The number of hydrogen-bond acceptors (Lipinski definition) is 4. The number of likely N-dealkylation sites (tertiary alicyclic amines) is 1. The lowest BCUT2D eigenvalue weighted by Crippen LogP contribution is -2.54. The van der Waals surface area contributed by atoms with Gasteiger partial charge in [-0.2, -0.15) is 0 Å². The van der Waals surface area contributed by atoms with E-state index in [2.05, 4.69) is 5.32 Å². The molecule has 0 spiro atoms. The zero-order chi connectivity index (χ0) is 16.9. The first-order chi connectivity index (χ1) is 11.7. The largest absolute Gasteiger partial charge is 0.378 e. The fourth-order valence-corrected chi connectivity index (χ4v) is 3.34. The molecule has 1 aromatic carbocycles. The fraction of sp³-hybridized carbons (Fsp3) is 0.556. The van der Waals surface area contributed by atoms with Crippen molar-refractivity contribution >= 4 is 11.8 Å². The Hall–Kier alpha value is -1.92. The van der Waals surface area contributed by atoms with Crippen LogP contribution in [-0.4, -0.2) is 55.2 Å². The van der Waals surface area contributed by atoms with E-state index in [9.17, 15) is 9.59 Å². The van der Waals surface area contributed by atoms with Gasteiger partial charge in [0.05, 0.1) is 12.1 Å². The summed E-state index contributed by atoms with van der Waals surface area (Å²) >= 11 is 0. The quantitative estimate of drug-likeness (QED) is 0.902. The van der Waals surface area contributed by atoms with Gasteiger partial charge in [0.25, 0.3) is 5.91 Å². The maximum atomic E-state index is 12.9. The first-order valence-corrected chi connectivity index (χ1v) is 8.55. The van der Waals surface area contributed by atoms with Crippen LogP contribution in [0.5, 0.6) is 0 Å². The molecule has 2 aliphatic heterocycles. The summed E-state index contributed by atoms with van der Waals surface area (Å²) in [7, 11) is 0. The molecule has 2 heterocycles. The molecule has 6 nitrogen and oxygen atoms in total. The minimum absolute atomic E-state index is 0.0567. The van der Waals surface area contributed by atoms with Gasteiger partial charge in [0.1, 0.15) is 6.61 Å². The van der Waals surface area contributed by atoms with Crippen LogP contribution in [-0.2, 0) is 19.1 Å². The molecule has 0 aliphatic carbocycles. The number of rotatable bonds is 4. The molecule has 2 fully saturated rings. The second kappa shape index (κ2) is 7.77. The summed E-state index contributed by atoms with van der Waals surface area (Å²) in [6.45, 7) is 3.94. The van der Waals surface area contributed by atoms with Crippen LogP contribution in [0.3, 0.4) is 0 Å². The zero-order valence-corrected chi connectivity index (χ0v) is 13.9. The highest BCUT2D eigenvalue weighted by Crippen LogP contribution is 2.25. The van der Waals surface area contributed by atoms with Crippen molar-refractivity contribution in [1.82, 2.24) is 10.2 Å². The lowest BCUT2D eigenvalue weighted by Gasteiger charge is -2.38. The molecule has 0 unspecified atom stereocenters. The van der Waals surface area contributed by atoms with Crippen LogP contribution in [0.15, 0.2) is 30.3 Å². The van der Waals surface area contributed by atoms with Crippen molar-refractivity contribution in [2.75, 3.05) is 26.3 Å². The molecule has 24 heavy (non-hydrogen) atoms. The molecular weight excluding hydrogens is 308 g/mol. The SMILES string of the molecule is CCOC1CCN(C(=O)[C@H]2OCC(=O)N[C@@H]2c2ccccc2)CC1. The Morgan fingerprint density at radius 2 is 2.00 bits per heavy atom. The van der Waals surface area contributed by atoms with E-state index in [1.54, 1.807) is 0 Å². The molecule has 2 saturated heterocycles. The Morgan fingerprint density at radius 3 is 2.67 bits per heavy atom. The van der Waals surface area contributed by atoms with E-state index in [1.165, 1.54) is 0 Å². The highest BCUT2D eigenvalue weighted by Gasteiger charge is 2.39. The van der Waals surface area contributed by atoms with Gasteiger partial charge in [0.15, 0.2) is 6.10 Å². The summed E-state index contributed by atoms with van der Waals surface area (Å²) in [5.41, 5.74) is 0.883. The van der Waals surface area contributed by atoms with Crippen LogP contribution in [0.1, 0.15) is 31.4 Å². The molecule has 1 aromatic rings. The van der Waals surface area contributed by atoms with Crippen molar-refractivity contribution in [1.29, 1.82) is 0 Å². The predicted molar refractivity (Wildman–Crippen MR) is 88.3 cm³/mol. The Kier molecular flexibility index (Phi) is 5.48. The van der Waals surface area contributed by atoms with Gasteiger partial charge in [-0.05, 0) is 25.3 Å². The minimum atomic E-state index is -0.672. The average Bonchev–Trinajstić information content (AvgIpc) is 2.63. The molecule has 3 rings (SSSR count). The number of nitrogens with one attached hydrogen (secondary N) is 1. The topological polar surface area (TPSA) is 67.9 Å². The van der Waals surface area contributed by atoms with Gasteiger partial charge >= 0.3 is 0 Å². The fourth-order valence-electron chi connectivity index (χ4n) is 3.34. The number of nitrogens with zero attached hydrogens (tertiary/aromatic N) is 1. The summed E-state index contributed by atoms with van der Waals surface area (Å²) in [6.07, 6.45) is 1.24. The number of carbonyl (C=O) groups excluding carboxylic acids is 2. The Bertz CT molecular complexity index is 570. The molecule has 1 N–H and O–H groups in total. The third kappa shape index (κ3) is 3.76. The van der Waals surface area contributed by atoms with Crippen LogP contribution in [0.4, 0.5) is 0 Å². The van der Waals surface area contributed by atoms with E-state index in [0.717, 1.165) is 18.4 Å². The summed E-state index contributed by atoms with van der Waals surface area (Å²) in [6, 6.07) is 9.06. The molecule has 2 amide bonds. The molecule has 0 aromatic heterocycles. The van der Waals surface area contributed by atoms with E-state index in [0.29, 0.717) is 19.7 Å². The average molecular weight is 332 g/mol.